The minimum Gasteiger partial charge on any atom is -0.427 e. The average Bonchev–Trinajstić information content (AvgIpc) is 2.47. The van der Waals surface area contributed by atoms with Gasteiger partial charge in [0.25, 0.3) is 10.0 Å². The molecular weight excluding hydrogens is 318 g/mol. The topological polar surface area (TPSA) is 89.5 Å². The van der Waals surface area contributed by atoms with Gasteiger partial charge in [-0.3, -0.25) is 14.3 Å². The van der Waals surface area contributed by atoms with Gasteiger partial charge in [0, 0.05) is 18.2 Å². The molecule has 23 heavy (non-hydrogen) atoms. The normalized spacial score (nSPS) is 10.9. The van der Waals surface area contributed by atoms with Crippen molar-refractivity contribution in [1.82, 2.24) is 0 Å². The first-order chi connectivity index (χ1) is 10.8. The zero-order valence-corrected chi connectivity index (χ0v) is 13.4. The quantitative estimate of drug-likeness (QED) is 0.516. The third-order valence-corrected chi connectivity index (χ3v) is 4.34. The van der Waals surface area contributed by atoms with Crippen LogP contribution in [0.2, 0.25) is 0 Å². The molecule has 0 saturated carbocycles. The number of ether oxygens (including phenoxy) is 1. The van der Waals surface area contributed by atoms with Gasteiger partial charge in [0.2, 0.25) is 0 Å². The Kier molecular flexibility index (Phi) is 4.80. The van der Waals surface area contributed by atoms with Crippen LogP contribution < -0.4 is 9.46 Å². The summed E-state index contributed by atoms with van der Waals surface area (Å²) < 4.78 is 31.8. The maximum Gasteiger partial charge on any atom is 0.308 e. The zero-order valence-electron chi connectivity index (χ0n) is 12.6. The fourth-order valence-electron chi connectivity index (χ4n) is 1.84. The number of sulfonamides is 1. The van der Waals surface area contributed by atoms with Gasteiger partial charge in [-0.15, -0.1) is 0 Å². The molecule has 0 radical (unpaired) electrons. The predicted molar refractivity (Wildman–Crippen MR) is 85.0 cm³/mol. The van der Waals surface area contributed by atoms with Crippen LogP contribution in [0.3, 0.4) is 0 Å². The van der Waals surface area contributed by atoms with E-state index >= 15 is 0 Å². The van der Waals surface area contributed by atoms with Crippen LogP contribution >= 0.6 is 0 Å². The van der Waals surface area contributed by atoms with Crippen molar-refractivity contribution in [3.63, 3.8) is 0 Å². The van der Waals surface area contributed by atoms with Crippen molar-refractivity contribution in [2.24, 2.45) is 0 Å². The number of carbonyl (C=O) groups excluding carboxylic acids is 2. The smallest absolute Gasteiger partial charge is 0.308 e. The van der Waals surface area contributed by atoms with Crippen LogP contribution in [0, 0.1) is 0 Å². The maximum absolute atomic E-state index is 12.3. The van der Waals surface area contributed by atoms with Gasteiger partial charge in [0.05, 0.1) is 4.90 Å². The van der Waals surface area contributed by atoms with Gasteiger partial charge in [-0.05, 0) is 55.5 Å². The molecule has 0 aliphatic heterocycles. The SMILES string of the molecule is CC(=O)Oc1ccc(S(=O)(=O)Nc2ccc(C(C)=O)cc2)cc1. The van der Waals surface area contributed by atoms with E-state index in [0.29, 0.717) is 11.3 Å². The first-order valence-electron chi connectivity index (χ1n) is 6.70. The molecule has 0 atom stereocenters. The maximum atomic E-state index is 12.3. The lowest BCUT2D eigenvalue weighted by atomic mass is 10.1. The summed E-state index contributed by atoms with van der Waals surface area (Å²) in [7, 11) is -3.77. The fourth-order valence-corrected chi connectivity index (χ4v) is 2.90. The highest BCUT2D eigenvalue weighted by Crippen LogP contribution is 2.20. The van der Waals surface area contributed by atoms with Gasteiger partial charge in [-0.2, -0.15) is 0 Å². The van der Waals surface area contributed by atoms with E-state index in [1.54, 1.807) is 12.1 Å². The molecule has 0 bridgehead atoms. The Balaban J connectivity index is 2.17. The molecule has 0 aliphatic carbocycles. The molecule has 0 heterocycles. The summed E-state index contributed by atoms with van der Waals surface area (Å²) in [6, 6.07) is 11.6. The van der Waals surface area contributed by atoms with Gasteiger partial charge >= 0.3 is 5.97 Å². The number of ketones is 1. The van der Waals surface area contributed by atoms with E-state index in [4.69, 9.17) is 4.74 Å². The second-order valence-corrected chi connectivity index (χ2v) is 6.49. The van der Waals surface area contributed by atoms with Gasteiger partial charge in [-0.1, -0.05) is 0 Å². The highest BCUT2D eigenvalue weighted by molar-refractivity contribution is 7.92. The number of benzene rings is 2. The number of carbonyl (C=O) groups is 2. The second kappa shape index (κ2) is 6.62. The number of anilines is 1. The number of hydrogen-bond acceptors (Lipinski definition) is 5. The van der Waals surface area contributed by atoms with Crippen molar-refractivity contribution < 1.29 is 22.7 Å². The molecule has 7 heteroatoms. The highest BCUT2D eigenvalue weighted by atomic mass is 32.2. The van der Waals surface area contributed by atoms with Crippen LogP contribution in [-0.4, -0.2) is 20.2 Å². The van der Waals surface area contributed by atoms with E-state index in [9.17, 15) is 18.0 Å². The van der Waals surface area contributed by atoms with Crippen molar-refractivity contribution >= 4 is 27.5 Å². The van der Waals surface area contributed by atoms with Gasteiger partial charge in [0.1, 0.15) is 5.75 Å². The number of rotatable bonds is 5. The Morgan fingerprint density at radius 1 is 0.913 bits per heavy atom. The van der Waals surface area contributed by atoms with Crippen molar-refractivity contribution in [1.29, 1.82) is 0 Å². The van der Waals surface area contributed by atoms with E-state index in [0.717, 1.165) is 0 Å². The lowest BCUT2D eigenvalue weighted by Crippen LogP contribution is -2.13. The second-order valence-electron chi connectivity index (χ2n) is 4.80. The molecule has 2 aromatic rings. The Morgan fingerprint density at radius 3 is 1.96 bits per heavy atom. The number of esters is 1. The largest absolute Gasteiger partial charge is 0.427 e. The number of hydrogen-bond donors (Lipinski definition) is 1. The molecule has 120 valence electrons. The van der Waals surface area contributed by atoms with Crippen LogP contribution in [0.5, 0.6) is 5.75 Å². The summed E-state index contributed by atoms with van der Waals surface area (Å²) in [5, 5.41) is 0. The molecule has 2 aromatic carbocycles. The van der Waals surface area contributed by atoms with E-state index in [2.05, 4.69) is 4.72 Å². The highest BCUT2D eigenvalue weighted by Gasteiger charge is 2.14. The molecule has 0 amide bonds. The molecule has 0 aromatic heterocycles. The average molecular weight is 333 g/mol. The van der Waals surface area contributed by atoms with Crippen LogP contribution in [0.4, 0.5) is 5.69 Å². The summed E-state index contributed by atoms with van der Waals surface area (Å²) in [4.78, 5) is 22.1. The molecule has 0 saturated heterocycles. The fraction of sp³-hybridized carbons (Fsp3) is 0.125. The predicted octanol–water partition coefficient (Wildman–Crippen LogP) is 2.62. The monoisotopic (exact) mass is 333 g/mol. The van der Waals surface area contributed by atoms with Crippen molar-refractivity contribution in [3.8, 4) is 5.75 Å². The number of Topliss-reactive ketones (excluding diaryl/α,β-unsaturated/α-hetero) is 1. The Labute approximate surface area is 134 Å². The van der Waals surface area contributed by atoms with Crippen LogP contribution in [-0.2, 0) is 14.8 Å². The summed E-state index contributed by atoms with van der Waals surface area (Å²) in [6.07, 6.45) is 0. The van der Waals surface area contributed by atoms with E-state index in [1.165, 1.54) is 50.2 Å². The Hall–Kier alpha value is -2.67. The summed E-state index contributed by atoms with van der Waals surface area (Å²) in [5.74, 6) is -0.313. The molecule has 0 aliphatic rings. The molecule has 6 nitrogen and oxygen atoms in total. The van der Waals surface area contributed by atoms with Crippen molar-refractivity contribution in [3.05, 3.63) is 54.1 Å². The summed E-state index contributed by atoms with van der Waals surface area (Å²) in [5.41, 5.74) is 0.845. The lowest BCUT2D eigenvalue weighted by Gasteiger charge is -2.09. The van der Waals surface area contributed by atoms with E-state index < -0.39 is 16.0 Å². The molecule has 2 rings (SSSR count). The van der Waals surface area contributed by atoms with Gasteiger partial charge in [-0.25, -0.2) is 8.42 Å². The first-order valence-corrected chi connectivity index (χ1v) is 8.18. The Morgan fingerprint density at radius 2 is 1.48 bits per heavy atom. The minimum atomic E-state index is -3.77. The third-order valence-electron chi connectivity index (χ3n) is 2.94. The molecule has 0 fully saturated rings. The first kappa shape index (κ1) is 16.7. The number of nitrogens with one attached hydrogen (secondary N) is 1. The summed E-state index contributed by atoms with van der Waals surface area (Å²) in [6.45, 7) is 2.70. The van der Waals surface area contributed by atoms with Crippen molar-refractivity contribution in [2.45, 2.75) is 18.7 Å². The minimum absolute atomic E-state index is 0.0315. The van der Waals surface area contributed by atoms with Gasteiger partial charge < -0.3 is 4.74 Å². The van der Waals surface area contributed by atoms with Crippen LogP contribution in [0.1, 0.15) is 24.2 Å². The van der Waals surface area contributed by atoms with Crippen molar-refractivity contribution in [2.75, 3.05) is 4.72 Å². The van der Waals surface area contributed by atoms with E-state index in [-0.39, 0.29) is 16.4 Å². The molecule has 0 spiro atoms. The third kappa shape index (κ3) is 4.40. The van der Waals surface area contributed by atoms with Crippen LogP contribution in [0.15, 0.2) is 53.4 Å². The zero-order chi connectivity index (χ0) is 17.0. The molecule has 0 unspecified atom stereocenters. The lowest BCUT2D eigenvalue weighted by molar-refractivity contribution is -0.131. The summed E-state index contributed by atoms with van der Waals surface area (Å²) >= 11 is 0. The van der Waals surface area contributed by atoms with Gasteiger partial charge in [0.15, 0.2) is 5.78 Å². The molecular formula is C16H15NO5S. The van der Waals surface area contributed by atoms with E-state index in [1.807, 2.05) is 0 Å². The molecule has 1 N–H and O–H groups in total. The van der Waals surface area contributed by atoms with Crippen LogP contribution in [0.25, 0.3) is 0 Å². The Bertz CT molecular complexity index is 824. The standard InChI is InChI=1S/C16H15NO5S/c1-11(18)13-3-5-14(6-4-13)17-23(20,21)16-9-7-15(8-10-16)22-12(2)19/h3-10,17H,1-2H3.